The highest BCUT2D eigenvalue weighted by molar-refractivity contribution is 7.99. The Balaban J connectivity index is 2.35. The van der Waals surface area contributed by atoms with E-state index in [-0.39, 0.29) is 11.7 Å². The van der Waals surface area contributed by atoms with Gasteiger partial charge in [-0.1, -0.05) is 18.7 Å². The molecule has 0 fully saturated rings. The summed E-state index contributed by atoms with van der Waals surface area (Å²) in [6.45, 7) is 6.19. The lowest BCUT2D eigenvalue weighted by molar-refractivity contribution is -0.114. The molecule has 1 amide bonds. The van der Waals surface area contributed by atoms with Crippen molar-refractivity contribution in [1.29, 1.82) is 0 Å². The summed E-state index contributed by atoms with van der Waals surface area (Å²) in [5.74, 6) is 1.51. The van der Waals surface area contributed by atoms with Crippen LogP contribution in [-0.4, -0.2) is 36.7 Å². The van der Waals surface area contributed by atoms with Crippen LogP contribution >= 0.6 is 11.8 Å². The summed E-state index contributed by atoms with van der Waals surface area (Å²) in [7, 11) is 0. The first-order valence-corrected chi connectivity index (χ1v) is 7.32. The summed E-state index contributed by atoms with van der Waals surface area (Å²) in [6.07, 6.45) is 1.05. The van der Waals surface area contributed by atoms with Crippen molar-refractivity contribution < 1.29 is 9.42 Å². The number of amides is 1. The van der Waals surface area contributed by atoms with Crippen LogP contribution in [0.5, 0.6) is 0 Å². The maximum Gasteiger partial charge on any atom is 0.222 e. The fraction of sp³-hybridized carbons (Fsp3) is 0.545. The molecule has 1 N–H and O–H groups in total. The lowest BCUT2D eigenvalue weighted by atomic mass is 10.4. The van der Waals surface area contributed by atoms with Crippen molar-refractivity contribution in [3.05, 3.63) is 0 Å². The van der Waals surface area contributed by atoms with E-state index >= 15 is 0 Å². The van der Waals surface area contributed by atoms with Crippen LogP contribution in [0.25, 0.3) is 11.5 Å². The van der Waals surface area contributed by atoms with Crippen LogP contribution in [0, 0.1) is 0 Å². The molecule has 0 aliphatic heterocycles. The van der Waals surface area contributed by atoms with Crippen molar-refractivity contribution in [2.75, 3.05) is 11.1 Å². The van der Waals surface area contributed by atoms with Crippen molar-refractivity contribution in [3.8, 4) is 11.5 Å². The van der Waals surface area contributed by atoms with Crippen LogP contribution in [0.15, 0.2) is 9.79 Å². The van der Waals surface area contributed by atoms with E-state index in [1.54, 1.807) is 11.8 Å². The molecule has 9 heteroatoms. The molecule has 2 aromatic rings. The second-order valence-corrected chi connectivity index (χ2v) is 5.10. The van der Waals surface area contributed by atoms with Crippen LogP contribution in [0.2, 0.25) is 0 Å². The Morgan fingerprint density at radius 2 is 2.15 bits per heavy atom. The van der Waals surface area contributed by atoms with Gasteiger partial charge in [-0.25, -0.2) is 4.63 Å². The van der Waals surface area contributed by atoms with Gasteiger partial charge in [0.05, 0.1) is 0 Å². The van der Waals surface area contributed by atoms with Crippen LogP contribution in [-0.2, 0) is 11.3 Å². The Kier molecular flexibility index (Phi) is 4.72. The lowest BCUT2D eigenvalue weighted by Gasteiger charge is -2.05. The molecule has 0 unspecified atom stereocenters. The standard InChI is InChI=1S/C11H16N6O2S/c1-4-6-20-11-14-13-10(17(11)5-2)8-9(12-7(3)18)16-19-15-8/h4-6H2,1-3H3,(H,12,16,18). The molecule has 0 atom stereocenters. The number of anilines is 1. The third-order valence-corrected chi connectivity index (χ3v) is 3.64. The molecule has 0 saturated carbocycles. The van der Waals surface area contributed by atoms with Gasteiger partial charge < -0.3 is 9.88 Å². The number of aromatic nitrogens is 5. The fourth-order valence-electron chi connectivity index (χ4n) is 1.63. The Bertz CT molecular complexity index is 594. The van der Waals surface area contributed by atoms with Crippen molar-refractivity contribution in [2.45, 2.75) is 38.9 Å². The fourth-order valence-corrected chi connectivity index (χ4v) is 2.49. The predicted molar refractivity (Wildman–Crippen MR) is 74.3 cm³/mol. The topological polar surface area (TPSA) is 98.7 Å². The van der Waals surface area contributed by atoms with Gasteiger partial charge >= 0.3 is 0 Å². The van der Waals surface area contributed by atoms with Gasteiger partial charge in [0, 0.05) is 19.2 Å². The van der Waals surface area contributed by atoms with Crippen LogP contribution < -0.4 is 5.32 Å². The van der Waals surface area contributed by atoms with Gasteiger partial charge in [-0.2, -0.15) is 0 Å². The second kappa shape index (κ2) is 6.51. The highest BCUT2D eigenvalue weighted by Crippen LogP contribution is 2.27. The highest BCUT2D eigenvalue weighted by atomic mass is 32.2. The van der Waals surface area contributed by atoms with E-state index in [4.69, 9.17) is 0 Å². The van der Waals surface area contributed by atoms with Gasteiger partial charge in [0.1, 0.15) is 0 Å². The van der Waals surface area contributed by atoms with Crippen LogP contribution in [0.1, 0.15) is 27.2 Å². The van der Waals surface area contributed by atoms with Crippen molar-refractivity contribution in [2.24, 2.45) is 0 Å². The summed E-state index contributed by atoms with van der Waals surface area (Å²) in [6, 6.07) is 0. The van der Waals surface area contributed by atoms with E-state index in [1.807, 2.05) is 11.5 Å². The average Bonchev–Trinajstić information content (AvgIpc) is 3.01. The molecular formula is C11H16N6O2S. The minimum Gasteiger partial charge on any atom is -0.306 e. The summed E-state index contributed by atoms with van der Waals surface area (Å²) in [5, 5.41) is 19.1. The largest absolute Gasteiger partial charge is 0.306 e. The highest BCUT2D eigenvalue weighted by Gasteiger charge is 2.21. The average molecular weight is 296 g/mol. The Hall–Kier alpha value is -1.90. The summed E-state index contributed by atoms with van der Waals surface area (Å²) < 4.78 is 6.61. The summed E-state index contributed by atoms with van der Waals surface area (Å²) >= 11 is 1.63. The molecule has 2 heterocycles. The molecule has 0 radical (unpaired) electrons. The van der Waals surface area contributed by atoms with Gasteiger partial charge in [-0.3, -0.25) is 4.79 Å². The monoisotopic (exact) mass is 296 g/mol. The minimum absolute atomic E-state index is 0.245. The molecule has 2 rings (SSSR count). The smallest absolute Gasteiger partial charge is 0.222 e. The van der Waals surface area contributed by atoms with E-state index in [9.17, 15) is 4.79 Å². The van der Waals surface area contributed by atoms with Gasteiger partial charge in [0.15, 0.2) is 16.7 Å². The zero-order valence-corrected chi connectivity index (χ0v) is 12.4. The normalized spacial score (nSPS) is 10.8. The number of nitrogens with one attached hydrogen (secondary N) is 1. The number of carbonyl (C=O) groups excluding carboxylic acids is 1. The number of hydrogen-bond acceptors (Lipinski definition) is 7. The first-order valence-electron chi connectivity index (χ1n) is 6.33. The van der Waals surface area contributed by atoms with E-state index < -0.39 is 0 Å². The number of rotatable bonds is 6. The number of nitrogens with zero attached hydrogens (tertiary/aromatic N) is 5. The Morgan fingerprint density at radius 1 is 1.35 bits per heavy atom. The number of carbonyl (C=O) groups is 1. The van der Waals surface area contributed by atoms with Crippen LogP contribution in [0.3, 0.4) is 0 Å². The lowest BCUT2D eigenvalue weighted by Crippen LogP contribution is -2.08. The van der Waals surface area contributed by atoms with Crippen molar-refractivity contribution >= 4 is 23.5 Å². The number of thioether (sulfide) groups is 1. The first kappa shape index (κ1) is 14.5. The first-order chi connectivity index (χ1) is 9.67. The van der Waals surface area contributed by atoms with Gasteiger partial charge in [-0.05, 0) is 23.7 Å². The Morgan fingerprint density at radius 3 is 2.80 bits per heavy atom. The quantitative estimate of drug-likeness (QED) is 0.811. The number of hydrogen-bond donors (Lipinski definition) is 1. The van der Waals surface area contributed by atoms with E-state index in [0.29, 0.717) is 18.1 Å². The molecule has 0 aromatic carbocycles. The molecule has 20 heavy (non-hydrogen) atoms. The van der Waals surface area contributed by atoms with Crippen molar-refractivity contribution in [1.82, 2.24) is 25.1 Å². The maximum atomic E-state index is 11.1. The van der Waals surface area contributed by atoms with Gasteiger partial charge in [-0.15, -0.1) is 10.2 Å². The zero-order valence-electron chi connectivity index (χ0n) is 11.6. The van der Waals surface area contributed by atoms with Gasteiger partial charge in [0.25, 0.3) is 0 Å². The second-order valence-electron chi connectivity index (χ2n) is 4.04. The molecule has 0 saturated heterocycles. The SMILES string of the molecule is CCCSc1nnc(-c2nonc2NC(C)=O)n1CC. The van der Waals surface area contributed by atoms with Crippen LogP contribution in [0.4, 0.5) is 5.82 Å². The third-order valence-electron chi connectivity index (χ3n) is 2.46. The van der Waals surface area contributed by atoms with E-state index in [0.717, 1.165) is 17.3 Å². The molecular weight excluding hydrogens is 280 g/mol. The van der Waals surface area contributed by atoms with E-state index in [2.05, 4.69) is 37.4 Å². The molecule has 2 aromatic heterocycles. The zero-order chi connectivity index (χ0) is 14.5. The molecule has 0 aliphatic carbocycles. The Labute approximate surface area is 120 Å². The summed E-state index contributed by atoms with van der Waals surface area (Å²) in [4.78, 5) is 11.1. The molecule has 0 aliphatic rings. The van der Waals surface area contributed by atoms with Crippen molar-refractivity contribution in [3.63, 3.8) is 0 Å². The molecule has 108 valence electrons. The molecule has 8 nitrogen and oxygen atoms in total. The maximum absolute atomic E-state index is 11.1. The minimum atomic E-state index is -0.245. The predicted octanol–water partition coefficient (Wildman–Crippen LogP) is 1.81. The van der Waals surface area contributed by atoms with E-state index in [1.165, 1.54) is 6.92 Å². The third kappa shape index (κ3) is 2.98. The molecule has 0 bridgehead atoms. The van der Waals surface area contributed by atoms with Gasteiger partial charge in [0.2, 0.25) is 11.7 Å². The summed E-state index contributed by atoms with van der Waals surface area (Å²) in [5.41, 5.74) is 0.387. The molecule has 0 spiro atoms.